The molecule has 1 saturated carbocycles. The lowest BCUT2D eigenvalue weighted by Crippen LogP contribution is -2.22. The van der Waals surface area contributed by atoms with Gasteiger partial charge in [-0.25, -0.2) is 9.97 Å². The van der Waals surface area contributed by atoms with E-state index in [9.17, 15) is 0 Å². The predicted molar refractivity (Wildman–Crippen MR) is 115 cm³/mol. The van der Waals surface area contributed by atoms with Crippen LogP contribution in [0.15, 0.2) is 31.0 Å². The van der Waals surface area contributed by atoms with Gasteiger partial charge in [-0.15, -0.1) is 0 Å². The van der Waals surface area contributed by atoms with Crippen LogP contribution in [0, 0.1) is 17.2 Å². The van der Waals surface area contributed by atoms with Crippen molar-refractivity contribution < 1.29 is 4.74 Å². The molecule has 0 aromatic carbocycles. The third-order valence-electron chi connectivity index (χ3n) is 5.46. The van der Waals surface area contributed by atoms with E-state index < -0.39 is 8.07 Å². The van der Waals surface area contributed by atoms with Crippen LogP contribution in [0.1, 0.15) is 25.3 Å². The van der Waals surface area contributed by atoms with E-state index in [-0.39, 0.29) is 6.04 Å². The molecule has 29 heavy (non-hydrogen) atoms. The van der Waals surface area contributed by atoms with Crippen LogP contribution in [-0.4, -0.2) is 39.0 Å². The lowest BCUT2D eigenvalue weighted by molar-refractivity contribution is 0.0899. The quantitative estimate of drug-likeness (QED) is 0.385. The topological polar surface area (TPSA) is 81.5 Å². The first-order chi connectivity index (χ1) is 14.0. The smallest absolute Gasteiger partial charge is 0.145 e. The highest BCUT2D eigenvalue weighted by atomic mass is 28.3. The van der Waals surface area contributed by atoms with Gasteiger partial charge in [0.25, 0.3) is 0 Å². The Morgan fingerprint density at radius 2 is 2.14 bits per heavy atom. The summed E-state index contributed by atoms with van der Waals surface area (Å²) in [5.41, 5.74) is 2.69. The van der Waals surface area contributed by atoms with Gasteiger partial charge in [0.1, 0.15) is 18.7 Å². The highest BCUT2D eigenvalue weighted by molar-refractivity contribution is 6.76. The zero-order chi connectivity index (χ0) is 20.4. The SMILES string of the molecule is C[Si](C)(C)CCOCn1ccc2c(-c3cnn([C@H](CC#N)C4CC4)c3)ncnc21. The van der Waals surface area contributed by atoms with Gasteiger partial charge in [-0.2, -0.15) is 10.4 Å². The third-order valence-corrected chi connectivity index (χ3v) is 7.17. The van der Waals surface area contributed by atoms with Gasteiger partial charge >= 0.3 is 0 Å². The van der Waals surface area contributed by atoms with E-state index in [0.717, 1.165) is 34.9 Å². The molecular weight excluding hydrogens is 380 g/mol. The summed E-state index contributed by atoms with van der Waals surface area (Å²) >= 11 is 0. The van der Waals surface area contributed by atoms with Crippen LogP contribution in [0.4, 0.5) is 0 Å². The summed E-state index contributed by atoms with van der Waals surface area (Å²) in [5, 5.41) is 14.7. The Balaban J connectivity index is 1.53. The lowest BCUT2D eigenvalue weighted by atomic mass is 10.1. The molecule has 0 saturated heterocycles. The minimum atomic E-state index is -1.09. The minimum Gasteiger partial charge on any atom is -0.361 e. The van der Waals surface area contributed by atoms with Gasteiger partial charge in [-0.1, -0.05) is 19.6 Å². The molecule has 7 nitrogen and oxygen atoms in total. The van der Waals surface area contributed by atoms with Crippen LogP contribution in [0.3, 0.4) is 0 Å². The molecule has 1 aliphatic rings. The molecule has 0 unspecified atom stereocenters. The van der Waals surface area contributed by atoms with Gasteiger partial charge in [0.2, 0.25) is 0 Å². The molecule has 8 heteroatoms. The van der Waals surface area contributed by atoms with Crippen molar-refractivity contribution in [1.82, 2.24) is 24.3 Å². The number of aromatic nitrogens is 5. The van der Waals surface area contributed by atoms with E-state index in [4.69, 9.17) is 10.00 Å². The first-order valence-electron chi connectivity index (χ1n) is 10.3. The van der Waals surface area contributed by atoms with E-state index in [1.807, 2.05) is 33.9 Å². The molecule has 3 aromatic heterocycles. The van der Waals surface area contributed by atoms with Gasteiger partial charge in [0.05, 0.1) is 30.4 Å². The molecule has 3 aromatic rings. The molecule has 0 amide bonds. The molecule has 0 aliphatic heterocycles. The predicted octanol–water partition coefficient (Wildman–Crippen LogP) is 4.47. The second-order valence-corrected chi connectivity index (χ2v) is 14.7. The van der Waals surface area contributed by atoms with E-state index in [2.05, 4.69) is 40.8 Å². The van der Waals surface area contributed by atoms with Crippen LogP contribution < -0.4 is 0 Å². The summed E-state index contributed by atoms with van der Waals surface area (Å²) in [6, 6.07) is 5.65. The zero-order valence-corrected chi connectivity index (χ0v) is 18.4. The van der Waals surface area contributed by atoms with Crippen LogP contribution >= 0.6 is 0 Å². The fourth-order valence-electron chi connectivity index (χ4n) is 3.57. The Labute approximate surface area is 172 Å². The van der Waals surface area contributed by atoms with Crippen molar-refractivity contribution in [2.75, 3.05) is 6.61 Å². The van der Waals surface area contributed by atoms with E-state index in [1.165, 1.54) is 12.8 Å². The molecular formula is C21H28N6OSi. The summed E-state index contributed by atoms with van der Waals surface area (Å²) in [5.74, 6) is 0.571. The maximum Gasteiger partial charge on any atom is 0.145 e. The summed E-state index contributed by atoms with van der Waals surface area (Å²) < 4.78 is 9.86. The third kappa shape index (κ3) is 4.57. The van der Waals surface area contributed by atoms with Crippen molar-refractivity contribution in [3.63, 3.8) is 0 Å². The monoisotopic (exact) mass is 408 g/mol. The summed E-state index contributed by atoms with van der Waals surface area (Å²) in [4.78, 5) is 8.99. The van der Waals surface area contributed by atoms with Crippen molar-refractivity contribution in [2.45, 2.75) is 57.7 Å². The molecule has 1 fully saturated rings. The summed E-state index contributed by atoms with van der Waals surface area (Å²) in [6.07, 6.45) is 10.3. The minimum absolute atomic E-state index is 0.162. The molecule has 1 aliphatic carbocycles. The standard InChI is InChI=1S/C21H28N6OSi/c1-29(2,3)11-10-28-15-26-9-7-18-20(23-14-24-21(18)26)17-12-25-27(13-17)19(6-8-22)16-4-5-16/h7,9,12-14,16,19H,4-6,10-11,15H2,1-3H3/t19-/m1/s1. The number of hydrogen-bond acceptors (Lipinski definition) is 5. The molecule has 1 atom stereocenters. The summed E-state index contributed by atoms with van der Waals surface area (Å²) in [7, 11) is -1.09. The number of nitriles is 1. The van der Waals surface area contributed by atoms with Gasteiger partial charge in [0, 0.05) is 38.0 Å². The number of nitrogens with zero attached hydrogens (tertiary/aromatic N) is 6. The van der Waals surface area contributed by atoms with E-state index in [0.29, 0.717) is 19.1 Å². The lowest BCUT2D eigenvalue weighted by Gasteiger charge is -2.15. The van der Waals surface area contributed by atoms with Crippen molar-refractivity contribution in [1.29, 1.82) is 5.26 Å². The molecule has 4 rings (SSSR count). The normalized spacial score (nSPS) is 15.5. The molecule has 3 heterocycles. The first-order valence-corrected chi connectivity index (χ1v) is 14.0. The maximum atomic E-state index is 9.15. The number of fused-ring (bicyclic) bond motifs is 1. The average Bonchev–Trinajstić information content (AvgIpc) is 3.25. The molecule has 152 valence electrons. The van der Waals surface area contributed by atoms with Crippen LogP contribution in [-0.2, 0) is 11.5 Å². The van der Waals surface area contributed by atoms with E-state index in [1.54, 1.807) is 6.33 Å². The van der Waals surface area contributed by atoms with Crippen LogP contribution in [0.2, 0.25) is 25.7 Å². The Hall–Kier alpha value is -2.50. The zero-order valence-electron chi connectivity index (χ0n) is 17.4. The molecule has 0 spiro atoms. The van der Waals surface area contributed by atoms with Crippen LogP contribution in [0.25, 0.3) is 22.3 Å². The Morgan fingerprint density at radius 3 is 2.86 bits per heavy atom. The Bertz CT molecular complexity index is 1020. The maximum absolute atomic E-state index is 9.15. The Kier molecular flexibility index (Phi) is 5.52. The molecule has 0 bridgehead atoms. The van der Waals surface area contributed by atoms with Crippen molar-refractivity contribution >= 4 is 19.1 Å². The highest BCUT2D eigenvalue weighted by Gasteiger charge is 2.33. The van der Waals surface area contributed by atoms with Crippen molar-refractivity contribution in [3.05, 3.63) is 31.0 Å². The van der Waals surface area contributed by atoms with Gasteiger partial charge < -0.3 is 9.30 Å². The molecule has 0 radical (unpaired) electrons. The second kappa shape index (κ2) is 8.09. The molecule has 0 N–H and O–H groups in total. The van der Waals surface area contributed by atoms with Crippen molar-refractivity contribution in [3.8, 4) is 17.3 Å². The average molecular weight is 409 g/mol. The fourth-order valence-corrected chi connectivity index (χ4v) is 4.33. The largest absolute Gasteiger partial charge is 0.361 e. The number of rotatable bonds is 9. The van der Waals surface area contributed by atoms with Crippen LogP contribution in [0.5, 0.6) is 0 Å². The van der Waals surface area contributed by atoms with Gasteiger partial charge in [-0.3, -0.25) is 4.68 Å². The number of hydrogen-bond donors (Lipinski definition) is 0. The second-order valence-electron chi connectivity index (χ2n) is 9.07. The Morgan fingerprint density at radius 1 is 1.31 bits per heavy atom. The fraction of sp³-hybridized carbons (Fsp3) is 0.524. The first kappa shape index (κ1) is 19.8. The highest BCUT2D eigenvalue weighted by Crippen LogP contribution is 2.41. The summed E-state index contributed by atoms with van der Waals surface area (Å²) in [6.45, 7) is 8.33. The van der Waals surface area contributed by atoms with Crippen molar-refractivity contribution in [2.24, 2.45) is 5.92 Å². The van der Waals surface area contributed by atoms with E-state index >= 15 is 0 Å². The number of ether oxygens (including phenoxy) is 1. The van der Waals surface area contributed by atoms with Gasteiger partial charge in [0.15, 0.2) is 0 Å². The van der Waals surface area contributed by atoms with Gasteiger partial charge in [-0.05, 0) is 30.9 Å².